The van der Waals surface area contributed by atoms with Crippen molar-refractivity contribution in [1.29, 1.82) is 0 Å². The van der Waals surface area contributed by atoms with Gasteiger partial charge in [0, 0.05) is 0 Å². The van der Waals surface area contributed by atoms with Crippen LogP contribution in [0, 0.1) is 11.8 Å². The molecule has 0 N–H and O–H groups in total. The summed E-state index contributed by atoms with van der Waals surface area (Å²) in [4.78, 5) is 0. The molecule has 0 heterocycles. The average molecular weight is 326 g/mol. The molecule has 1 aromatic carbocycles. The Morgan fingerprint density at radius 1 is 1.17 bits per heavy atom. The van der Waals surface area contributed by atoms with Gasteiger partial charge in [-0.2, -0.15) is 0 Å². The normalized spacial score (nSPS) is 28.3. The minimum absolute atomic E-state index is 0.680. The van der Waals surface area contributed by atoms with Crippen LogP contribution < -0.4 is 5.30 Å². The van der Waals surface area contributed by atoms with Crippen LogP contribution in [-0.2, 0) is 0 Å². The largest absolute Gasteiger partial charge is 0.105 e. The first kappa shape index (κ1) is 17.0. The molecule has 1 heteroatoms. The Hall–Kier alpha value is -0.870. The van der Waals surface area contributed by atoms with Crippen molar-refractivity contribution in [2.45, 2.75) is 64.2 Å². The second-order valence-corrected chi connectivity index (χ2v) is 8.09. The van der Waals surface area contributed by atoms with Gasteiger partial charge in [0.05, 0.1) is 0 Å². The van der Waals surface area contributed by atoms with E-state index in [1.807, 2.05) is 0 Å². The first-order valence-electron chi connectivity index (χ1n) is 9.42. The molecule has 0 bridgehead atoms. The van der Waals surface area contributed by atoms with Gasteiger partial charge in [-0.15, -0.1) is 15.8 Å². The van der Waals surface area contributed by atoms with Crippen LogP contribution in [-0.4, -0.2) is 0 Å². The van der Waals surface area contributed by atoms with E-state index in [2.05, 4.69) is 53.1 Å². The van der Waals surface area contributed by atoms with E-state index in [0.29, 0.717) is 5.92 Å². The fraction of sp³-hybridized carbons (Fsp3) is 0.545. The van der Waals surface area contributed by atoms with E-state index in [9.17, 15) is 0 Å². The monoisotopic (exact) mass is 326 g/mol. The smallest absolute Gasteiger partial charge is 0.0156 e. The highest BCUT2D eigenvalue weighted by atomic mass is 31.0. The highest BCUT2D eigenvalue weighted by molar-refractivity contribution is 7.27. The van der Waals surface area contributed by atoms with E-state index in [1.54, 1.807) is 5.56 Å². The Bertz CT molecular complexity index is 576. The molecule has 2 aliphatic rings. The summed E-state index contributed by atoms with van der Waals surface area (Å²) in [6.07, 6.45) is 15.1. The van der Waals surface area contributed by atoms with E-state index < -0.39 is 0 Å². The second-order valence-electron chi connectivity index (χ2n) is 7.47. The van der Waals surface area contributed by atoms with Crippen LogP contribution in [0.1, 0.15) is 75.3 Å². The first-order chi connectivity index (χ1) is 11.2. The molecule has 0 nitrogen and oxygen atoms in total. The molecule has 3 rings (SSSR count). The third-order valence-corrected chi connectivity index (χ3v) is 6.58. The van der Waals surface area contributed by atoms with Gasteiger partial charge in [-0.05, 0) is 84.7 Å². The van der Waals surface area contributed by atoms with Crippen LogP contribution in [0.25, 0.3) is 5.57 Å². The van der Waals surface area contributed by atoms with Crippen molar-refractivity contribution in [1.82, 2.24) is 0 Å². The van der Waals surface area contributed by atoms with E-state index in [-0.39, 0.29) is 0 Å². The maximum absolute atomic E-state index is 3.94. The lowest BCUT2D eigenvalue weighted by atomic mass is 9.77. The molecular weight excluding hydrogens is 295 g/mol. The summed E-state index contributed by atoms with van der Waals surface area (Å²) < 4.78 is 0. The first-order valence-corrected chi connectivity index (χ1v) is 10.00. The molecular formula is C22H31P. The summed E-state index contributed by atoms with van der Waals surface area (Å²) in [6.45, 7) is 6.28. The molecule has 0 radical (unpaired) electrons. The van der Waals surface area contributed by atoms with Crippen molar-refractivity contribution in [2.24, 2.45) is 11.8 Å². The Kier molecular flexibility index (Phi) is 5.76. The van der Waals surface area contributed by atoms with Crippen molar-refractivity contribution in [3.63, 3.8) is 0 Å². The fourth-order valence-corrected chi connectivity index (χ4v) is 4.82. The van der Waals surface area contributed by atoms with Crippen LogP contribution in [0.5, 0.6) is 0 Å². The zero-order valence-electron chi connectivity index (χ0n) is 14.6. The van der Waals surface area contributed by atoms with Gasteiger partial charge in [0.25, 0.3) is 0 Å². The number of benzene rings is 1. The van der Waals surface area contributed by atoms with Crippen LogP contribution in [0.3, 0.4) is 0 Å². The topological polar surface area (TPSA) is 0 Å². The van der Waals surface area contributed by atoms with Crippen molar-refractivity contribution < 1.29 is 0 Å². The highest BCUT2D eigenvalue weighted by Gasteiger charge is 2.22. The Labute approximate surface area is 144 Å². The molecule has 23 heavy (non-hydrogen) atoms. The third-order valence-electron chi connectivity index (χ3n) is 6.10. The summed E-state index contributed by atoms with van der Waals surface area (Å²) in [5.41, 5.74) is 4.55. The standard InChI is InChI=1S/C22H31P/c1-3-16-5-9-18(10-6-16)20-13-14-21(22(23)15-20)19-11-7-17(4-2)8-12-19/h4,11,13-18H,2-3,5-10,12,23H2,1H3. The molecule has 1 aromatic rings. The van der Waals surface area contributed by atoms with Gasteiger partial charge in [-0.3, -0.25) is 0 Å². The minimum atomic E-state index is 0.680. The van der Waals surface area contributed by atoms with Crippen molar-refractivity contribution in [3.8, 4) is 0 Å². The van der Waals surface area contributed by atoms with Crippen LogP contribution >= 0.6 is 9.24 Å². The van der Waals surface area contributed by atoms with E-state index >= 15 is 0 Å². The molecule has 0 spiro atoms. The Balaban J connectivity index is 1.71. The van der Waals surface area contributed by atoms with Gasteiger partial charge in [-0.25, -0.2) is 0 Å². The quantitative estimate of drug-likeness (QED) is 0.454. The van der Waals surface area contributed by atoms with E-state index in [1.165, 1.54) is 61.4 Å². The lowest BCUT2D eigenvalue weighted by molar-refractivity contribution is 0.319. The molecule has 2 unspecified atom stereocenters. The summed E-state index contributed by atoms with van der Waals surface area (Å²) in [7, 11) is 2.99. The van der Waals surface area contributed by atoms with Gasteiger partial charge < -0.3 is 0 Å². The van der Waals surface area contributed by atoms with Crippen molar-refractivity contribution in [3.05, 3.63) is 48.1 Å². The summed E-state index contributed by atoms with van der Waals surface area (Å²) in [5, 5.41) is 1.39. The maximum atomic E-state index is 3.94. The van der Waals surface area contributed by atoms with Crippen molar-refractivity contribution in [2.75, 3.05) is 0 Å². The Morgan fingerprint density at radius 3 is 2.52 bits per heavy atom. The fourth-order valence-electron chi connectivity index (χ4n) is 4.34. The van der Waals surface area contributed by atoms with E-state index in [4.69, 9.17) is 0 Å². The second kappa shape index (κ2) is 7.80. The van der Waals surface area contributed by atoms with Crippen LogP contribution in [0.2, 0.25) is 0 Å². The van der Waals surface area contributed by atoms with Gasteiger partial charge in [-0.1, -0.05) is 43.7 Å². The van der Waals surface area contributed by atoms with Gasteiger partial charge >= 0.3 is 0 Å². The number of hydrogen-bond donors (Lipinski definition) is 0. The van der Waals surface area contributed by atoms with Gasteiger partial charge in [0.15, 0.2) is 0 Å². The predicted octanol–water partition coefficient (Wildman–Crippen LogP) is 6.24. The molecule has 0 saturated heterocycles. The zero-order valence-corrected chi connectivity index (χ0v) is 15.7. The minimum Gasteiger partial charge on any atom is -0.105 e. The maximum Gasteiger partial charge on any atom is -0.0156 e. The van der Waals surface area contributed by atoms with Gasteiger partial charge in [0.1, 0.15) is 0 Å². The molecule has 1 fully saturated rings. The van der Waals surface area contributed by atoms with Gasteiger partial charge in [0.2, 0.25) is 0 Å². The summed E-state index contributed by atoms with van der Waals surface area (Å²) in [6, 6.07) is 7.22. The molecule has 0 aromatic heterocycles. The average Bonchev–Trinajstić information content (AvgIpc) is 2.62. The molecule has 1 saturated carbocycles. The number of hydrogen-bond acceptors (Lipinski definition) is 0. The molecule has 0 aliphatic heterocycles. The van der Waals surface area contributed by atoms with Crippen LogP contribution in [0.15, 0.2) is 36.9 Å². The molecule has 0 amide bonds. The van der Waals surface area contributed by atoms with E-state index in [0.717, 1.165) is 18.3 Å². The molecule has 2 atom stereocenters. The number of rotatable bonds is 4. The molecule has 2 aliphatic carbocycles. The summed E-state index contributed by atoms with van der Waals surface area (Å²) >= 11 is 0. The Morgan fingerprint density at radius 2 is 1.96 bits per heavy atom. The van der Waals surface area contributed by atoms with Crippen molar-refractivity contribution >= 4 is 20.1 Å². The summed E-state index contributed by atoms with van der Waals surface area (Å²) in [5.74, 6) is 2.45. The third kappa shape index (κ3) is 3.97. The predicted molar refractivity (Wildman–Crippen MR) is 106 cm³/mol. The molecule has 124 valence electrons. The number of allylic oxidation sites excluding steroid dienone is 3. The lowest BCUT2D eigenvalue weighted by Crippen LogP contribution is -2.14. The lowest BCUT2D eigenvalue weighted by Gasteiger charge is -2.28. The van der Waals surface area contributed by atoms with Crippen LogP contribution in [0.4, 0.5) is 0 Å². The SMILES string of the molecule is C=CC1CC=C(c2ccc(C3CCC(CC)CC3)cc2P)CC1. The zero-order chi connectivity index (χ0) is 16.2. The highest BCUT2D eigenvalue weighted by Crippen LogP contribution is 2.38.